The van der Waals surface area contributed by atoms with Crippen LogP contribution in [0, 0.1) is 11.8 Å². The molecule has 150 valence electrons. The second kappa shape index (κ2) is 9.73. The molecule has 0 aliphatic heterocycles. The van der Waals surface area contributed by atoms with Crippen LogP contribution in [0.3, 0.4) is 0 Å². The lowest BCUT2D eigenvalue weighted by Gasteiger charge is -2.30. The largest absolute Gasteiger partial charge is 0.478 e. The zero-order valence-corrected chi connectivity index (χ0v) is 18.3. The van der Waals surface area contributed by atoms with Crippen molar-refractivity contribution < 1.29 is 14.7 Å². The monoisotopic (exact) mass is 446 g/mol. The SMILES string of the molecule is CC(C)CN(CC(C)C)c1ccc(NC(=O)c2ccc(Br)cc2)cc1C(=O)O. The molecule has 0 radical (unpaired) electrons. The van der Waals surface area contributed by atoms with Gasteiger partial charge >= 0.3 is 5.97 Å². The van der Waals surface area contributed by atoms with Crippen molar-refractivity contribution in [2.24, 2.45) is 11.8 Å². The number of aromatic carboxylic acids is 1. The van der Waals surface area contributed by atoms with E-state index in [1.165, 1.54) is 6.07 Å². The van der Waals surface area contributed by atoms with Gasteiger partial charge in [-0.05, 0) is 54.3 Å². The fraction of sp³-hybridized carbons (Fsp3) is 0.364. The van der Waals surface area contributed by atoms with Crippen LogP contribution in [-0.4, -0.2) is 30.1 Å². The molecule has 0 spiro atoms. The number of carbonyl (C=O) groups is 2. The van der Waals surface area contributed by atoms with Crippen LogP contribution >= 0.6 is 15.9 Å². The summed E-state index contributed by atoms with van der Waals surface area (Å²) in [5.41, 5.74) is 1.83. The number of nitrogens with one attached hydrogen (secondary N) is 1. The molecule has 2 aromatic carbocycles. The topological polar surface area (TPSA) is 69.6 Å². The lowest BCUT2D eigenvalue weighted by atomic mass is 10.1. The molecular weight excluding hydrogens is 420 g/mol. The number of carbonyl (C=O) groups excluding carboxylic acids is 1. The average Bonchev–Trinajstić information content (AvgIpc) is 2.60. The van der Waals surface area contributed by atoms with Crippen LogP contribution in [0.25, 0.3) is 0 Å². The highest BCUT2D eigenvalue weighted by atomic mass is 79.9. The number of carboxylic acid groups (broad SMARTS) is 1. The van der Waals surface area contributed by atoms with Gasteiger partial charge in [-0.1, -0.05) is 43.6 Å². The summed E-state index contributed by atoms with van der Waals surface area (Å²) in [5, 5.41) is 12.5. The second-order valence-electron chi connectivity index (χ2n) is 7.69. The average molecular weight is 447 g/mol. The summed E-state index contributed by atoms with van der Waals surface area (Å²) < 4.78 is 0.886. The number of amides is 1. The van der Waals surface area contributed by atoms with Gasteiger partial charge in [0.15, 0.2) is 0 Å². The van der Waals surface area contributed by atoms with Crippen molar-refractivity contribution in [3.05, 3.63) is 58.1 Å². The van der Waals surface area contributed by atoms with Crippen molar-refractivity contribution >= 4 is 39.2 Å². The number of anilines is 2. The summed E-state index contributed by atoms with van der Waals surface area (Å²) in [5.74, 6) is -0.487. The summed E-state index contributed by atoms with van der Waals surface area (Å²) in [6.45, 7) is 9.98. The number of halogens is 1. The maximum atomic E-state index is 12.4. The minimum absolute atomic E-state index is 0.190. The molecule has 1 amide bonds. The van der Waals surface area contributed by atoms with Crippen LogP contribution in [0.2, 0.25) is 0 Å². The first-order valence-electron chi connectivity index (χ1n) is 9.36. The first-order valence-corrected chi connectivity index (χ1v) is 10.2. The Kier molecular flexibility index (Phi) is 7.63. The van der Waals surface area contributed by atoms with E-state index in [9.17, 15) is 14.7 Å². The maximum Gasteiger partial charge on any atom is 0.337 e. The van der Waals surface area contributed by atoms with Gasteiger partial charge < -0.3 is 15.3 Å². The third kappa shape index (κ3) is 6.09. The van der Waals surface area contributed by atoms with Crippen LogP contribution in [0.5, 0.6) is 0 Å². The number of hydrogen-bond acceptors (Lipinski definition) is 3. The molecule has 2 N–H and O–H groups in total. The molecule has 6 heteroatoms. The van der Waals surface area contributed by atoms with Crippen LogP contribution in [-0.2, 0) is 0 Å². The third-order valence-electron chi connectivity index (χ3n) is 4.10. The van der Waals surface area contributed by atoms with Gasteiger partial charge in [0.1, 0.15) is 0 Å². The van der Waals surface area contributed by atoms with Crippen LogP contribution in [0.4, 0.5) is 11.4 Å². The van der Waals surface area contributed by atoms with Crippen LogP contribution in [0.1, 0.15) is 48.4 Å². The van der Waals surface area contributed by atoms with E-state index in [2.05, 4.69) is 53.8 Å². The molecular formula is C22H27BrN2O3. The molecule has 0 aromatic heterocycles. The minimum Gasteiger partial charge on any atom is -0.478 e. The lowest BCUT2D eigenvalue weighted by Crippen LogP contribution is -2.32. The summed E-state index contributed by atoms with van der Waals surface area (Å²) in [6, 6.07) is 12.1. The van der Waals surface area contributed by atoms with Gasteiger partial charge in [-0.2, -0.15) is 0 Å². The Bertz CT molecular complexity index is 822. The Labute approximate surface area is 174 Å². The molecule has 0 aliphatic rings. The van der Waals surface area contributed by atoms with Gasteiger partial charge in [-0.15, -0.1) is 0 Å². The highest BCUT2D eigenvalue weighted by molar-refractivity contribution is 9.10. The van der Waals surface area contributed by atoms with Crippen LogP contribution < -0.4 is 10.2 Å². The fourth-order valence-electron chi connectivity index (χ4n) is 3.02. The zero-order chi connectivity index (χ0) is 20.8. The van der Waals surface area contributed by atoms with Gasteiger partial charge in [0, 0.05) is 28.8 Å². The predicted molar refractivity (Wildman–Crippen MR) is 117 cm³/mol. The first-order chi connectivity index (χ1) is 13.2. The summed E-state index contributed by atoms with van der Waals surface area (Å²) in [6.07, 6.45) is 0. The Morgan fingerprint density at radius 1 is 1.00 bits per heavy atom. The van der Waals surface area contributed by atoms with E-state index in [0.29, 0.717) is 28.8 Å². The molecule has 0 atom stereocenters. The lowest BCUT2D eigenvalue weighted by molar-refractivity contribution is 0.0697. The number of hydrogen-bond donors (Lipinski definition) is 2. The van der Waals surface area contributed by atoms with Crippen molar-refractivity contribution in [3.63, 3.8) is 0 Å². The van der Waals surface area contributed by atoms with Crippen molar-refractivity contribution in [2.75, 3.05) is 23.3 Å². The summed E-state index contributed by atoms with van der Waals surface area (Å²) >= 11 is 3.34. The summed E-state index contributed by atoms with van der Waals surface area (Å²) in [4.78, 5) is 26.4. The number of nitrogens with zero attached hydrogens (tertiary/aromatic N) is 1. The molecule has 28 heavy (non-hydrogen) atoms. The Balaban J connectivity index is 2.31. The van der Waals surface area contributed by atoms with E-state index in [4.69, 9.17) is 0 Å². The van der Waals surface area contributed by atoms with E-state index < -0.39 is 5.97 Å². The molecule has 0 bridgehead atoms. The Morgan fingerprint density at radius 3 is 2.07 bits per heavy atom. The molecule has 0 saturated carbocycles. The number of benzene rings is 2. The molecule has 2 rings (SSSR count). The number of rotatable bonds is 8. The quantitative estimate of drug-likeness (QED) is 0.559. The van der Waals surface area contributed by atoms with E-state index in [1.807, 2.05) is 0 Å². The highest BCUT2D eigenvalue weighted by Gasteiger charge is 2.19. The summed E-state index contributed by atoms with van der Waals surface area (Å²) in [7, 11) is 0. The highest BCUT2D eigenvalue weighted by Crippen LogP contribution is 2.27. The zero-order valence-electron chi connectivity index (χ0n) is 16.7. The van der Waals surface area contributed by atoms with Crippen molar-refractivity contribution in [2.45, 2.75) is 27.7 Å². The molecule has 0 heterocycles. The Morgan fingerprint density at radius 2 is 1.57 bits per heavy atom. The smallest absolute Gasteiger partial charge is 0.337 e. The normalized spacial score (nSPS) is 11.0. The number of carboxylic acids is 1. The van der Waals surface area contributed by atoms with Crippen molar-refractivity contribution in [3.8, 4) is 0 Å². The maximum absolute atomic E-state index is 12.4. The van der Waals surface area contributed by atoms with Gasteiger partial charge in [0.25, 0.3) is 5.91 Å². The molecule has 2 aromatic rings. The van der Waals surface area contributed by atoms with Gasteiger partial charge in [0.05, 0.1) is 11.3 Å². The Hall–Kier alpha value is -2.34. The molecule has 5 nitrogen and oxygen atoms in total. The van der Waals surface area contributed by atoms with E-state index >= 15 is 0 Å². The predicted octanol–water partition coefficient (Wildman–Crippen LogP) is 5.52. The van der Waals surface area contributed by atoms with Gasteiger partial charge in [-0.3, -0.25) is 4.79 Å². The molecule has 0 fully saturated rings. The van der Waals surface area contributed by atoms with Gasteiger partial charge in [0.2, 0.25) is 0 Å². The second-order valence-corrected chi connectivity index (χ2v) is 8.61. The van der Waals surface area contributed by atoms with Crippen LogP contribution in [0.15, 0.2) is 46.9 Å². The standard InChI is InChI=1S/C22H27BrN2O3/c1-14(2)12-25(13-15(3)4)20-10-9-18(11-19(20)22(27)28)24-21(26)16-5-7-17(23)8-6-16/h5-11,14-15H,12-13H2,1-4H3,(H,24,26)(H,27,28). The van der Waals surface area contributed by atoms with Crippen molar-refractivity contribution in [1.82, 2.24) is 0 Å². The van der Waals surface area contributed by atoms with E-state index in [-0.39, 0.29) is 11.5 Å². The molecule has 0 saturated heterocycles. The van der Waals surface area contributed by atoms with E-state index in [1.54, 1.807) is 36.4 Å². The third-order valence-corrected chi connectivity index (χ3v) is 4.63. The minimum atomic E-state index is -1.01. The van der Waals surface area contributed by atoms with Gasteiger partial charge in [-0.25, -0.2) is 4.79 Å². The van der Waals surface area contributed by atoms with Crippen molar-refractivity contribution in [1.29, 1.82) is 0 Å². The molecule has 0 aliphatic carbocycles. The van der Waals surface area contributed by atoms with E-state index in [0.717, 1.165) is 17.6 Å². The fourth-order valence-corrected chi connectivity index (χ4v) is 3.28. The molecule has 0 unspecified atom stereocenters. The first kappa shape index (κ1) is 22.0.